The molecule has 2 nitrogen and oxygen atoms in total. The monoisotopic (exact) mass is 143 g/mol. The molecule has 2 rings (SSSR count). The number of aryl methyl sites for hydroxylation is 1. The molecule has 2 radical (unpaired) electrons. The van der Waals surface area contributed by atoms with Crippen molar-refractivity contribution < 1.29 is 4.42 Å². The summed E-state index contributed by atoms with van der Waals surface area (Å²) in [5, 5.41) is 0. The van der Waals surface area contributed by atoms with Crippen LogP contribution in [0.3, 0.4) is 0 Å². The Balaban J connectivity index is 2.82. The lowest BCUT2D eigenvalue weighted by Crippen LogP contribution is -1.98. The summed E-state index contributed by atoms with van der Waals surface area (Å²) in [6.07, 6.45) is 0. The first-order chi connectivity index (χ1) is 5.25. The number of hydrogen-bond acceptors (Lipinski definition) is 2. The number of fused-ring (bicyclic) bond motifs is 1. The predicted molar refractivity (Wildman–Crippen MR) is 44.1 cm³/mol. The number of hydrogen-bond donors (Lipinski definition) is 0. The van der Waals surface area contributed by atoms with Crippen molar-refractivity contribution in [3.63, 3.8) is 0 Å². The highest BCUT2D eigenvalue weighted by atomic mass is 16.3. The van der Waals surface area contributed by atoms with Gasteiger partial charge in [-0.25, -0.2) is 4.98 Å². The van der Waals surface area contributed by atoms with E-state index in [2.05, 4.69) is 4.98 Å². The van der Waals surface area contributed by atoms with Crippen LogP contribution in [0.2, 0.25) is 0 Å². The van der Waals surface area contributed by atoms with Gasteiger partial charge in [-0.05, 0) is 12.1 Å². The van der Waals surface area contributed by atoms with Gasteiger partial charge < -0.3 is 4.42 Å². The van der Waals surface area contributed by atoms with E-state index in [1.807, 2.05) is 13.0 Å². The first-order valence-electron chi connectivity index (χ1n) is 3.38. The molecule has 0 aliphatic carbocycles. The van der Waals surface area contributed by atoms with Crippen LogP contribution in [0.15, 0.2) is 22.6 Å². The molecule has 2 aromatic rings. The molecule has 0 atom stereocenters. The zero-order valence-corrected chi connectivity index (χ0v) is 6.16. The fourth-order valence-electron chi connectivity index (χ4n) is 1.06. The van der Waals surface area contributed by atoms with Crippen LogP contribution in [-0.4, -0.2) is 12.8 Å². The number of oxazole rings is 1. The Morgan fingerprint density at radius 3 is 3.09 bits per heavy atom. The second kappa shape index (κ2) is 2.12. The van der Waals surface area contributed by atoms with Crippen LogP contribution in [-0.2, 0) is 0 Å². The van der Waals surface area contributed by atoms with Crippen LogP contribution >= 0.6 is 0 Å². The smallest absolute Gasteiger partial charge is 0.192 e. The molecule has 1 aromatic carbocycles. The van der Waals surface area contributed by atoms with E-state index in [1.165, 1.54) is 0 Å². The molecule has 1 aromatic heterocycles. The third kappa shape index (κ3) is 1.02. The van der Waals surface area contributed by atoms with Crippen molar-refractivity contribution in [2.45, 2.75) is 6.92 Å². The molecule has 0 aliphatic heterocycles. The minimum atomic E-state index is 0.672. The molecule has 3 heteroatoms. The highest BCUT2D eigenvalue weighted by molar-refractivity contribution is 6.33. The van der Waals surface area contributed by atoms with Crippen LogP contribution in [0.25, 0.3) is 11.1 Å². The topological polar surface area (TPSA) is 26.0 Å². The van der Waals surface area contributed by atoms with E-state index in [4.69, 9.17) is 12.3 Å². The van der Waals surface area contributed by atoms with Crippen LogP contribution < -0.4 is 5.46 Å². The summed E-state index contributed by atoms with van der Waals surface area (Å²) in [6.45, 7) is 1.82. The van der Waals surface area contributed by atoms with Gasteiger partial charge in [-0.3, -0.25) is 0 Å². The van der Waals surface area contributed by atoms with Crippen molar-refractivity contribution in [2.75, 3.05) is 0 Å². The maximum Gasteiger partial charge on any atom is 0.192 e. The van der Waals surface area contributed by atoms with Crippen molar-refractivity contribution in [2.24, 2.45) is 0 Å². The average molecular weight is 143 g/mol. The van der Waals surface area contributed by atoms with Crippen LogP contribution in [0.5, 0.6) is 0 Å². The summed E-state index contributed by atoms with van der Waals surface area (Å²) in [4.78, 5) is 4.13. The van der Waals surface area contributed by atoms with Gasteiger partial charge in [-0.15, -0.1) is 0 Å². The normalized spacial score (nSPS) is 10.6. The molecule has 0 aliphatic rings. The second-order valence-corrected chi connectivity index (χ2v) is 2.46. The van der Waals surface area contributed by atoms with Crippen molar-refractivity contribution in [3.8, 4) is 0 Å². The molecule has 0 amide bonds. The molecule has 0 unspecified atom stereocenters. The lowest BCUT2D eigenvalue weighted by molar-refractivity contribution is 0.561. The molecule has 1 heterocycles. The molecular weight excluding hydrogens is 137 g/mol. The number of benzene rings is 1. The van der Waals surface area contributed by atoms with Gasteiger partial charge in [0.1, 0.15) is 13.4 Å². The van der Waals surface area contributed by atoms with Gasteiger partial charge in [0, 0.05) is 6.92 Å². The molecular formula is C8H6BNO. The zero-order chi connectivity index (χ0) is 7.84. The van der Waals surface area contributed by atoms with Gasteiger partial charge in [0.25, 0.3) is 0 Å². The van der Waals surface area contributed by atoms with Gasteiger partial charge in [0.05, 0.1) is 0 Å². The summed E-state index contributed by atoms with van der Waals surface area (Å²) in [5.41, 5.74) is 2.32. The maximum atomic E-state index is 5.55. The molecule has 0 saturated heterocycles. The minimum Gasteiger partial charge on any atom is -0.441 e. The Kier molecular flexibility index (Phi) is 1.25. The minimum absolute atomic E-state index is 0.672. The Morgan fingerprint density at radius 1 is 1.45 bits per heavy atom. The Bertz CT molecular complexity index is 394. The van der Waals surface area contributed by atoms with Gasteiger partial charge in [-0.2, -0.15) is 0 Å². The van der Waals surface area contributed by atoms with Gasteiger partial charge in [0.2, 0.25) is 0 Å². The Morgan fingerprint density at radius 2 is 2.27 bits per heavy atom. The van der Waals surface area contributed by atoms with Crippen LogP contribution in [0, 0.1) is 6.92 Å². The first kappa shape index (κ1) is 6.46. The Labute approximate surface area is 65.6 Å². The van der Waals surface area contributed by atoms with Gasteiger partial charge in [-0.1, -0.05) is 11.5 Å². The standard InChI is InChI=1S/C8H6BNO/c1-5-10-7-4-6(9)2-3-8(7)11-5/h2-4H,1H3. The molecule has 52 valence electrons. The van der Waals surface area contributed by atoms with Gasteiger partial charge in [0.15, 0.2) is 11.5 Å². The second-order valence-electron chi connectivity index (χ2n) is 2.46. The molecule has 0 fully saturated rings. The summed E-state index contributed by atoms with van der Waals surface area (Å²) >= 11 is 0. The zero-order valence-electron chi connectivity index (χ0n) is 6.16. The maximum absolute atomic E-state index is 5.55. The van der Waals surface area contributed by atoms with Crippen molar-refractivity contribution >= 4 is 24.4 Å². The van der Waals surface area contributed by atoms with Crippen molar-refractivity contribution in [1.29, 1.82) is 0 Å². The van der Waals surface area contributed by atoms with E-state index in [0.717, 1.165) is 11.1 Å². The quantitative estimate of drug-likeness (QED) is 0.512. The van der Waals surface area contributed by atoms with Crippen molar-refractivity contribution in [3.05, 3.63) is 24.1 Å². The summed E-state index contributed by atoms with van der Waals surface area (Å²) in [5.74, 6) is 0.672. The highest BCUT2D eigenvalue weighted by Crippen LogP contribution is 2.11. The third-order valence-electron chi connectivity index (χ3n) is 1.52. The lowest BCUT2D eigenvalue weighted by Gasteiger charge is -1.87. The SMILES string of the molecule is [B]c1ccc2oc(C)nc2c1. The van der Waals surface area contributed by atoms with E-state index in [0.29, 0.717) is 11.4 Å². The van der Waals surface area contributed by atoms with Gasteiger partial charge >= 0.3 is 0 Å². The van der Waals surface area contributed by atoms with E-state index in [-0.39, 0.29) is 0 Å². The highest BCUT2D eigenvalue weighted by Gasteiger charge is 1.99. The lowest BCUT2D eigenvalue weighted by atomic mass is 9.96. The molecule has 0 bridgehead atoms. The summed E-state index contributed by atoms with van der Waals surface area (Å²) in [7, 11) is 5.55. The van der Waals surface area contributed by atoms with E-state index in [9.17, 15) is 0 Å². The summed E-state index contributed by atoms with van der Waals surface area (Å²) < 4.78 is 5.26. The average Bonchev–Trinajstić information content (AvgIpc) is 2.27. The molecule has 11 heavy (non-hydrogen) atoms. The number of rotatable bonds is 0. The van der Waals surface area contributed by atoms with Crippen LogP contribution in [0.1, 0.15) is 5.89 Å². The fourth-order valence-corrected chi connectivity index (χ4v) is 1.06. The molecule has 0 saturated carbocycles. The van der Waals surface area contributed by atoms with E-state index in [1.54, 1.807) is 12.1 Å². The van der Waals surface area contributed by atoms with E-state index >= 15 is 0 Å². The van der Waals surface area contributed by atoms with Crippen molar-refractivity contribution in [1.82, 2.24) is 4.98 Å². The van der Waals surface area contributed by atoms with Crippen LogP contribution in [0.4, 0.5) is 0 Å². The number of nitrogens with zero attached hydrogens (tertiary/aromatic N) is 1. The van der Waals surface area contributed by atoms with E-state index < -0.39 is 0 Å². The Hall–Kier alpha value is -1.25. The number of aromatic nitrogens is 1. The predicted octanol–water partition coefficient (Wildman–Crippen LogP) is 0.930. The molecule has 0 spiro atoms. The summed E-state index contributed by atoms with van der Waals surface area (Å²) in [6, 6.07) is 5.42. The first-order valence-corrected chi connectivity index (χ1v) is 3.38. The largest absolute Gasteiger partial charge is 0.441 e. The molecule has 0 N–H and O–H groups in total. The fraction of sp³-hybridized carbons (Fsp3) is 0.125. The third-order valence-corrected chi connectivity index (χ3v) is 1.52.